The summed E-state index contributed by atoms with van der Waals surface area (Å²) in [5.41, 5.74) is 0.855. The predicted molar refractivity (Wildman–Crippen MR) is 140 cm³/mol. The average Bonchev–Trinajstić information content (AvgIpc) is 3.68. The molecular weight excluding hydrogens is 546 g/mol. The van der Waals surface area contributed by atoms with Crippen LogP contribution in [0.5, 0.6) is 0 Å². The second-order valence-electron chi connectivity index (χ2n) is 11.2. The number of rotatable bonds is 4. The first-order valence-corrected chi connectivity index (χ1v) is 13.5. The van der Waals surface area contributed by atoms with Gasteiger partial charge in [-0.2, -0.15) is 26.3 Å². The molecule has 0 unspecified atom stereocenters. The summed E-state index contributed by atoms with van der Waals surface area (Å²) in [6, 6.07) is 8.81. The van der Waals surface area contributed by atoms with Crippen molar-refractivity contribution in [2.24, 2.45) is 5.41 Å². The quantitative estimate of drug-likeness (QED) is 0.231. The van der Waals surface area contributed by atoms with Gasteiger partial charge in [-0.15, -0.1) is 0 Å². The Hall–Kier alpha value is -3.89. The van der Waals surface area contributed by atoms with E-state index in [1.54, 1.807) is 18.2 Å². The summed E-state index contributed by atoms with van der Waals surface area (Å²) < 4.78 is 87.7. The monoisotopic (exact) mass is 570 g/mol. The molecule has 0 amide bonds. The van der Waals surface area contributed by atoms with E-state index in [2.05, 4.69) is 26.1 Å². The minimum atomic E-state index is -4.63. The van der Waals surface area contributed by atoms with Gasteiger partial charge in [0.2, 0.25) is 0 Å². The number of aromatic nitrogens is 3. The maximum atomic E-state index is 13.8. The van der Waals surface area contributed by atoms with Gasteiger partial charge in [0.1, 0.15) is 11.5 Å². The Bertz CT molecular complexity index is 1680. The minimum absolute atomic E-state index is 0.0739. The highest BCUT2D eigenvalue weighted by atomic mass is 19.4. The van der Waals surface area contributed by atoms with Crippen LogP contribution >= 0.6 is 0 Å². The number of allylic oxidation sites excluding steroid dienone is 2. The smallest absolute Gasteiger partial charge is 0.371 e. The molecule has 3 aromatic heterocycles. The lowest BCUT2D eigenvalue weighted by Gasteiger charge is -2.47. The Morgan fingerprint density at radius 1 is 0.902 bits per heavy atom. The van der Waals surface area contributed by atoms with Crippen molar-refractivity contribution < 1.29 is 30.9 Å². The van der Waals surface area contributed by atoms with Crippen LogP contribution in [0.15, 0.2) is 59.4 Å². The lowest BCUT2D eigenvalue weighted by Crippen LogP contribution is -2.42. The van der Waals surface area contributed by atoms with E-state index in [0.717, 1.165) is 43.5 Å². The molecular formula is C30H24F6N4O. The highest BCUT2D eigenvalue weighted by Crippen LogP contribution is 2.56. The number of hydrogen-bond acceptors (Lipinski definition) is 5. The number of fused-ring (bicyclic) bond motifs is 1. The molecule has 11 heteroatoms. The van der Waals surface area contributed by atoms with E-state index in [0.29, 0.717) is 42.0 Å². The van der Waals surface area contributed by atoms with Crippen LogP contribution in [0, 0.1) is 5.41 Å². The third-order valence-corrected chi connectivity index (χ3v) is 8.50. The van der Waals surface area contributed by atoms with E-state index in [4.69, 9.17) is 4.52 Å². The summed E-state index contributed by atoms with van der Waals surface area (Å²) in [6.07, 6.45) is -0.639. The Kier molecular flexibility index (Phi) is 5.75. The molecule has 4 heterocycles. The zero-order valence-electron chi connectivity index (χ0n) is 21.7. The van der Waals surface area contributed by atoms with Crippen LogP contribution in [0.3, 0.4) is 0 Å². The lowest BCUT2D eigenvalue weighted by atomic mass is 9.63. The van der Waals surface area contributed by atoms with E-state index in [1.165, 1.54) is 18.3 Å². The molecule has 0 atom stereocenters. The van der Waals surface area contributed by atoms with E-state index < -0.39 is 23.6 Å². The summed E-state index contributed by atoms with van der Waals surface area (Å²) >= 11 is 0. The van der Waals surface area contributed by atoms with Gasteiger partial charge in [-0.25, -0.2) is 0 Å². The molecule has 1 saturated heterocycles. The van der Waals surface area contributed by atoms with Crippen molar-refractivity contribution in [2.75, 3.05) is 18.0 Å². The van der Waals surface area contributed by atoms with Gasteiger partial charge in [0.05, 0.1) is 11.1 Å². The minimum Gasteiger partial charge on any atom is -0.371 e. The maximum Gasteiger partial charge on any atom is 0.434 e. The molecule has 2 aliphatic carbocycles. The first kappa shape index (κ1) is 26.0. The molecule has 0 radical (unpaired) electrons. The van der Waals surface area contributed by atoms with Crippen LogP contribution < -0.4 is 4.90 Å². The van der Waals surface area contributed by atoms with Crippen LogP contribution in [-0.4, -0.2) is 28.2 Å². The third kappa shape index (κ3) is 4.55. The number of nitrogens with zero attached hydrogens (tertiary/aromatic N) is 4. The predicted octanol–water partition coefficient (Wildman–Crippen LogP) is 8.27. The number of alkyl halides is 6. The molecule has 2 fully saturated rings. The van der Waals surface area contributed by atoms with Crippen molar-refractivity contribution in [3.8, 4) is 11.3 Å². The average molecular weight is 571 g/mol. The van der Waals surface area contributed by atoms with Gasteiger partial charge in [0.15, 0.2) is 5.69 Å². The molecule has 212 valence electrons. The third-order valence-electron chi connectivity index (χ3n) is 8.50. The van der Waals surface area contributed by atoms with Gasteiger partial charge in [0, 0.05) is 53.6 Å². The first-order valence-electron chi connectivity index (χ1n) is 13.5. The molecule has 41 heavy (non-hydrogen) atoms. The van der Waals surface area contributed by atoms with Gasteiger partial charge in [0.25, 0.3) is 0 Å². The molecule has 0 N–H and O–H groups in total. The van der Waals surface area contributed by atoms with Gasteiger partial charge >= 0.3 is 12.4 Å². The van der Waals surface area contributed by atoms with E-state index in [1.807, 2.05) is 0 Å². The number of anilines is 1. The van der Waals surface area contributed by atoms with Gasteiger partial charge in [-0.1, -0.05) is 11.2 Å². The van der Waals surface area contributed by atoms with Crippen molar-refractivity contribution in [1.82, 2.24) is 15.1 Å². The molecule has 1 spiro atoms. The molecule has 4 aromatic rings. The molecule has 1 aromatic carbocycles. The highest BCUT2D eigenvalue weighted by Gasteiger charge is 2.45. The Balaban J connectivity index is 1.16. The molecule has 1 saturated carbocycles. The first-order chi connectivity index (χ1) is 19.5. The molecule has 7 rings (SSSR count). The maximum absolute atomic E-state index is 13.8. The van der Waals surface area contributed by atoms with Crippen molar-refractivity contribution in [3.63, 3.8) is 0 Å². The van der Waals surface area contributed by atoms with E-state index in [9.17, 15) is 26.3 Å². The molecule has 5 nitrogen and oxygen atoms in total. The fourth-order valence-corrected chi connectivity index (χ4v) is 6.23. The van der Waals surface area contributed by atoms with Crippen LogP contribution in [0.4, 0.5) is 32.0 Å². The van der Waals surface area contributed by atoms with Crippen LogP contribution in [0.1, 0.15) is 60.6 Å². The fraction of sp³-hybridized carbons (Fsp3) is 0.367. The van der Waals surface area contributed by atoms with Crippen molar-refractivity contribution in [1.29, 1.82) is 0 Å². The normalized spacial score (nSPS) is 19.0. The second kappa shape index (κ2) is 9.06. The number of hydrogen-bond donors (Lipinski definition) is 0. The van der Waals surface area contributed by atoms with E-state index >= 15 is 0 Å². The van der Waals surface area contributed by atoms with Gasteiger partial charge in [-0.3, -0.25) is 9.97 Å². The van der Waals surface area contributed by atoms with E-state index in [-0.39, 0.29) is 28.0 Å². The van der Waals surface area contributed by atoms with Gasteiger partial charge < -0.3 is 9.42 Å². The standard InChI is InChI=1S/C30H24F6N4O/c31-29(32,33)22-7-11-37-23-6-5-19(14-21(22)23)40-12-8-28(9-13-40)15-18(16-28)24-25(39-41-26(24)17-3-4-17)20-2-1-10-38-27(20)30(34,35)36/h1-2,5-7,10-11,14-15,17H,3-4,8-9,12-13,16H2. The number of piperidine rings is 1. The Morgan fingerprint density at radius 2 is 1.66 bits per heavy atom. The zero-order chi connectivity index (χ0) is 28.6. The highest BCUT2D eigenvalue weighted by molar-refractivity contribution is 5.87. The molecule has 0 bridgehead atoms. The van der Waals surface area contributed by atoms with Crippen LogP contribution in [0.2, 0.25) is 0 Å². The molecule has 1 aliphatic heterocycles. The lowest BCUT2D eigenvalue weighted by molar-refractivity contribution is -0.140. The summed E-state index contributed by atoms with van der Waals surface area (Å²) in [5, 5.41) is 4.18. The fourth-order valence-electron chi connectivity index (χ4n) is 6.23. The summed E-state index contributed by atoms with van der Waals surface area (Å²) in [7, 11) is 0. The number of halogens is 6. The van der Waals surface area contributed by atoms with Crippen molar-refractivity contribution in [3.05, 3.63) is 77.4 Å². The van der Waals surface area contributed by atoms with Gasteiger partial charge in [-0.05, 0) is 79.5 Å². The SMILES string of the molecule is FC(F)(F)c1ncccc1-c1noc(C2CC2)c1C1=CC2(CCN(c3ccc4nccc(C(F)(F)F)c4c3)CC2)C1. The summed E-state index contributed by atoms with van der Waals surface area (Å²) in [6.45, 7) is 1.29. The number of benzene rings is 1. The van der Waals surface area contributed by atoms with Crippen LogP contribution in [-0.2, 0) is 12.4 Å². The van der Waals surface area contributed by atoms with Crippen LogP contribution in [0.25, 0.3) is 27.7 Å². The Labute approximate surface area is 230 Å². The largest absolute Gasteiger partial charge is 0.434 e. The van der Waals surface area contributed by atoms with Crippen molar-refractivity contribution in [2.45, 2.75) is 50.4 Å². The summed E-state index contributed by atoms with van der Waals surface area (Å²) in [5.74, 6) is 0.793. The Morgan fingerprint density at radius 3 is 2.34 bits per heavy atom. The number of pyridine rings is 2. The zero-order valence-corrected chi connectivity index (χ0v) is 21.7. The summed E-state index contributed by atoms with van der Waals surface area (Å²) in [4.78, 5) is 9.77. The topological polar surface area (TPSA) is 55.1 Å². The molecule has 3 aliphatic rings. The van der Waals surface area contributed by atoms with Crippen molar-refractivity contribution >= 4 is 22.2 Å². The second-order valence-corrected chi connectivity index (χ2v) is 11.2.